The Balaban J connectivity index is 1.72. The van der Waals surface area contributed by atoms with Crippen LogP contribution in [0.1, 0.15) is 35.2 Å². The highest BCUT2D eigenvalue weighted by Gasteiger charge is 2.35. The van der Waals surface area contributed by atoms with Crippen molar-refractivity contribution < 1.29 is 9.53 Å². The molecule has 1 aliphatic heterocycles. The fourth-order valence-electron chi connectivity index (χ4n) is 2.64. The average Bonchev–Trinajstić information content (AvgIpc) is 3.21. The lowest BCUT2D eigenvalue weighted by atomic mass is 10.1. The van der Waals surface area contributed by atoms with E-state index in [1.807, 2.05) is 4.90 Å². The molecule has 20 heavy (non-hydrogen) atoms. The minimum Gasteiger partial charge on any atom is -0.381 e. The molecule has 1 saturated carbocycles. The molecular formula is C16H18N2O2. The van der Waals surface area contributed by atoms with Gasteiger partial charge in [0, 0.05) is 30.7 Å². The number of carbonyl (C=O) groups excluding carboxylic acids is 1. The maximum atomic E-state index is 12.6. The summed E-state index contributed by atoms with van der Waals surface area (Å²) in [6.07, 6.45) is 3.26. The summed E-state index contributed by atoms with van der Waals surface area (Å²) in [5.41, 5.74) is 1.26. The molecule has 0 radical (unpaired) electrons. The second kappa shape index (κ2) is 5.64. The van der Waals surface area contributed by atoms with Crippen LogP contribution in [0.5, 0.6) is 0 Å². The minimum atomic E-state index is 0.0869. The maximum absolute atomic E-state index is 12.6. The normalized spacial score (nSPS) is 21.4. The van der Waals surface area contributed by atoms with Crippen LogP contribution in [0.4, 0.5) is 0 Å². The number of nitrogens with zero attached hydrogens (tertiary/aromatic N) is 2. The summed E-state index contributed by atoms with van der Waals surface area (Å²) in [6, 6.07) is 9.39. The molecule has 0 N–H and O–H groups in total. The van der Waals surface area contributed by atoms with Crippen LogP contribution in [0.3, 0.4) is 0 Å². The van der Waals surface area contributed by atoms with Gasteiger partial charge in [-0.15, -0.1) is 0 Å². The average molecular weight is 270 g/mol. The second-order valence-electron chi connectivity index (χ2n) is 5.61. The topological polar surface area (TPSA) is 53.3 Å². The van der Waals surface area contributed by atoms with Crippen LogP contribution in [0.2, 0.25) is 0 Å². The van der Waals surface area contributed by atoms with Gasteiger partial charge in [-0.05, 0) is 43.5 Å². The fourth-order valence-corrected chi connectivity index (χ4v) is 2.64. The highest BCUT2D eigenvalue weighted by molar-refractivity contribution is 5.94. The summed E-state index contributed by atoms with van der Waals surface area (Å²) in [5, 5.41) is 8.80. The van der Waals surface area contributed by atoms with Crippen LogP contribution in [-0.2, 0) is 4.74 Å². The molecule has 0 unspecified atom stereocenters. The molecule has 0 spiro atoms. The van der Waals surface area contributed by atoms with Crippen LogP contribution < -0.4 is 0 Å². The Morgan fingerprint density at radius 2 is 2.05 bits per heavy atom. The molecule has 3 rings (SSSR count). The minimum absolute atomic E-state index is 0.0869. The number of benzene rings is 1. The number of ether oxygens (including phenoxy) is 1. The van der Waals surface area contributed by atoms with Crippen molar-refractivity contribution in [3.63, 3.8) is 0 Å². The molecule has 1 aromatic carbocycles. The first-order valence-corrected chi connectivity index (χ1v) is 7.17. The van der Waals surface area contributed by atoms with Crippen LogP contribution >= 0.6 is 0 Å². The molecule has 104 valence electrons. The number of hydrogen-bond acceptors (Lipinski definition) is 3. The molecule has 4 nitrogen and oxygen atoms in total. The number of carbonyl (C=O) groups is 1. The van der Waals surface area contributed by atoms with E-state index in [1.165, 1.54) is 0 Å². The first-order chi connectivity index (χ1) is 9.78. The summed E-state index contributed by atoms with van der Waals surface area (Å²) in [6.45, 7) is 2.38. The monoisotopic (exact) mass is 270 g/mol. The SMILES string of the molecule is N#Cc1ccc(C(=O)N(C[C@@H]2CCOC2)C2CC2)cc1. The van der Waals surface area contributed by atoms with Gasteiger partial charge in [-0.1, -0.05) is 0 Å². The third-order valence-electron chi connectivity index (χ3n) is 3.99. The summed E-state index contributed by atoms with van der Waals surface area (Å²) < 4.78 is 5.40. The molecule has 1 amide bonds. The van der Waals surface area contributed by atoms with Gasteiger partial charge in [-0.2, -0.15) is 5.26 Å². The first-order valence-electron chi connectivity index (χ1n) is 7.17. The van der Waals surface area contributed by atoms with E-state index < -0.39 is 0 Å². The Kier molecular flexibility index (Phi) is 3.70. The van der Waals surface area contributed by atoms with E-state index >= 15 is 0 Å². The van der Waals surface area contributed by atoms with E-state index in [9.17, 15) is 4.79 Å². The zero-order valence-electron chi connectivity index (χ0n) is 11.4. The van der Waals surface area contributed by atoms with E-state index in [2.05, 4.69) is 6.07 Å². The zero-order chi connectivity index (χ0) is 13.9. The van der Waals surface area contributed by atoms with E-state index in [0.29, 0.717) is 23.1 Å². The number of rotatable bonds is 4. The Labute approximate surface area is 118 Å². The zero-order valence-corrected chi connectivity index (χ0v) is 11.4. The van der Waals surface area contributed by atoms with Gasteiger partial charge in [0.25, 0.3) is 5.91 Å². The third kappa shape index (κ3) is 2.83. The Morgan fingerprint density at radius 3 is 2.60 bits per heavy atom. The van der Waals surface area contributed by atoms with Gasteiger partial charge in [0.2, 0.25) is 0 Å². The summed E-state index contributed by atoms with van der Waals surface area (Å²) in [4.78, 5) is 14.6. The van der Waals surface area contributed by atoms with Crippen molar-refractivity contribution in [3.8, 4) is 6.07 Å². The van der Waals surface area contributed by atoms with Crippen molar-refractivity contribution in [3.05, 3.63) is 35.4 Å². The quantitative estimate of drug-likeness (QED) is 0.842. The smallest absolute Gasteiger partial charge is 0.254 e. The van der Waals surface area contributed by atoms with Gasteiger partial charge in [0.15, 0.2) is 0 Å². The molecule has 0 aromatic heterocycles. The molecule has 1 atom stereocenters. The van der Waals surface area contributed by atoms with Crippen molar-refractivity contribution in [2.45, 2.75) is 25.3 Å². The van der Waals surface area contributed by atoms with Gasteiger partial charge >= 0.3 is 0 Å². The molecule has 1 aliphatic carbocycles. The Hall–Kier alpha value is -1.86. The predicted molar refractivity (Wildman–Crippen MR) is 74.1 cm³/mol. The lowest BCUT2D eigenvalue weighted by Crippen LogP contribution is -2.37. The molecule has 1 aromatic rings. The summed E-state index contributed by atoms with van der Waals surface area (Å²) in [5.74, 6) is 0.557. The Bertz CT molecular complexity index is 522. The van der Waals surface area contributed by atoms with Crippen molar-refractivity contribution in [2.75, 3.05) is 19.8 Å². The second-order valence-corrected chi connectivity index (χ2v) is 5.61. The number of nitriles is 1. The van der Waals surface area contributed by atoms with Gasteiger partial charge in [0.05, 0.1) is 18.2 Å². The van der Waals surface area contributed by atoms with Crippen LogP contribution in [0.15, 0.2) is 24.3 Å². The summed E-state index contributed by atoms with van der Waals surface area (Å²) in [7, 11) is 0. The van der Waals surface area contributed by atoms with Crippen LogP contribution in [0, 0.1) is 17.2 Å². The van der Waals surface area contributed by atoms with Crippen LogP contribution in [0.25, 0.3) is 0 Å². The van der Waals surface area contributed by atoms with Gasteiger partial charge in [-0.25, -0.2) is 0 Å². The van der Waals surface area contributed by atoms with Crippen LogP contribution in [-0.4, -0.2) is 36.6 Å². The third-order valence-corrected chi connectivity index (χ3v) is 3.99. The molecule has 1 saturated heterocycles. The van der Waals surface area contributed by atoms with Gasteiger partial charge in [-0.3, -0.25) is 4.79 Å². The lowest BCUT2D eigenvalue weighted by molar-refractivity contribution is 0.0706. The molecule has 2 fully saturated rings. The molecule has 0 bridgehead atoms. The van der Waals surface area contributed by atoms with Crippen molar-refractivity contribution in [1.29, 1.82) is 5.26 Å². The first kappa shape index (κ1) is 13.1. The number of hydrogen-bond donors (Lipinski definition) is 0. The van der Waals surface area contributed by atoms with Crippen molar-refractivity contribution >= 4 is 5.91 Å². The van der Waals surface area contributed by atoms with E-state index in [1.54, 1.807) is 24.3 Å². The molecular weight excluding hydrogens is 252 g/mol. The molecule has 2 aliphatic rings. The summed E-state index contributed by atoms with van der Waals surface area (Å²) >= 11 is 0. The van der Waals surface area contributed by atoms with Gasteiger partial charge in [0.1, 0.15) is 0 Å². The molecule has 4 heteroatoms. The molecule has 1 heterocycles. The predicted octanol–water partition coefficient (Wildman–Crippen LogP) is 2.20. The maximum Gasteiger partial charge on any atom is 0.254 e. The lowest BCUT2D eigenvalue weighted by Gasteiger charge is -2.25. The van der Waals surface area contributed by atoms with Gasteiger partial charge < -0.3 is 9.64 Å². The fraction of sp³-hybridized carbons (Fsp3) is 0.500. The number of amides is 1. The standard InChI is InChI=1S/C16H18N2O2/c17-9-12-1-3-14(4-2-12)16(19)18(15-5-6-15)10-13-7-8-20-11-13/h1-4,13,15H,5-8,10-11H2/t13-/m0/s1. The highest BCUT2D eigenvalue weighted by Crippen LogP contribution is 2.30. The van der Waals surface area contributed by atoms with Crippen molar-refractivity contribution in [2.24, 2.45) is 5.92 Å². The van der Waals surface area contributed by atoms with E-state index in [0.717, 1.165) is 39.0 Å². The van der Waals surface area contributed by atoms with E-state index in [-0.39, 0.29) is 5.91 Å². The largest absolute Gasteiger partial charge is 0.381 e. The Morgan fingerprint density at radius 1 is 1.30 bits per heavy atom. The van der Waals surface area contributed by atoms with E-state index in [4.69, 9.17) is 10.00 Å². The van der Waals surface area contributed by atoms with Crippen molar-refractivity contribution in [1.82, 2.24) is 4.90 Å². The highest BCUT2D eigenvalue weighted by atomic mass is 16.5.